The molecule has 4 heteroatoms. The van der Waals surface area contributed by atoms with Gasteiger partial charge in [-0.15, -0.1) is 12.4 Å². The number of nitrogens with one attached hydrogen (secondary N) is 2. The molecule has 3 nitrogen and oxygen atoms in total. The maximum absolute atomic E-state index is 12.2. The van der Waals surface area contributed by atoms with Crippen molar-refractivity contribution < 1.29 is 4.79 Å². The average molecular weight is 261 g/mol. The molecule has 100 valence electrons. The molecular weight excluding hydrogens is 236 g/mol. The first kappa shape index (κ1) is 14.8. The van der Waals surface area contributed by atoms with Gasteiger partial charge in [-0.25, -0.2) is 0 Å². The molecule has 0 radical (unpaired) electrons. The highest BCUT2D eigenvalue weighted by Crippen LogP contribution is 2.27. The van der Waals surface area contributed by atoms with Gasteiger partial charge in [0.1, 0.15) is 0 Å². The van der Waals surface area contributed by atoms with Gasteiger partial charge < -0.3 is 10.6 Å². The minimum Gasteiger partial charge on any atom is -0.353 e. The molecule has 2 aliphatic rings. The van der Waals surface area contributed by atoms with Crippen LogP contribution in [0.25, 0.3) is 0 Å². The first-order valence-corrected chi connectivity index (χ1v) is 6.62. The zero-order chi connectivity index (χ0) is 11.6. The SMILES string of the molecule is CC1CCCC(NC(=O)C2(C)CCNC2)C1.Cl. The molecule has 0 bridgehead atoms. The standard InChI is InChI=1S/C13H24N2O.ClH/c1-10-4-3-5-11(8-10)15-12(16)13(2)6-7-14-9-13;/h10-11,14H,3-9H2,1-2H3,(H,15,16);1H. The summed E-state index contributed by atoms with van der Waals surface area (Å²) in [5.41, 5.74) is -0.166. The molecule has 3 unspecified atom stereocenters. The Labute approximate surface area is 111 Å². The minimum absolute atomic E-state index is 0. The largest absolute Gasteiger partial charge is 0.353 e. The van der Waals surface area contributed by atoms with E-state index in [-0.39, 0.29) is 23.7 Å². The van der Waals surface area contributed by atoms with E-state index in [1.807, 2.05) is 0 Å². The zero-order valence-corrected chi connectivity index (χ0v) is 11.7. The van der Waals surface area contributed by atoms with E-state index in [4.69, 9.17) is 0 Å². The topological polar surface area (TPSA) is 41.1 Å². The Bertz CT molecular complexity index is 264. The molecule has 1 saturated carbocycles. The molecule has 1 aliphatic carbocycles. The first-order valence-electron chi connectivity index (χ1n) is 6.62. The minimum atomic E-state index is -0.166. The summed E-state index contributed by atoms with van der Waals surface area (Å²) >= 11 is 0. The van der Waals surface area contributed by atoms with Gasteiger partial charge in [0.25, 0.3) is 0 Å². The summed E-state index contributed by atoms with van der Waals surface area (Å²) in [6, 6.07) is 0.425. The van der Waals surface area contributed by atoms with E-state index < -0.39 is 0 Å². The third-order valence-corrected chi connectivity index (χ3v) is 4.19. The van der Waals surface area contributed by atoms with E-state index in [1.54, 1.807) is 0 Å². The highest BCUT2D eigenvalue weighted by molar-refractivity contribution is 5.85. The second-order valence-corrected chi connectivity index (χ2v) is 5.93. The number of hydrogen-bond donors (Lipinski definition) is 2. The summed E-state index contributed by atoms with van der Waals surface area (Å²) in [5, 5.41) is 6.53. The van der Waals surface area contributed by atoms with Gasteiger partial charge in [0.05, 0.1) is 5.41 Å². The normalized spacial score (nSPS) is 37.3. The molecule has 0 aromatic rings. The van der Waals surface area contributed by atoms with Crippen molar-refractivity contribution in [2.24, 2.45) is 11.3 Å². The quantitative estimate of drug-likeness (QED) is 0.799. The highest BCUT2D eigenvalue weighted by Gasteiger charge is 2.37. The Morgan fingerprint density at radius 3 is 2.76 bits per heavy atom. The van der Waals surface area contributed by atoms with Crippen LogP contribution >= 0.6 is 12.4 Å². The van der Waals surface area contributed by atoms with E-state index >= 15 is 0 Å². The van der Waals surface area contributed by atoms with Crippen LogP contribution in [0.3, 0.4) is 0 Å². The fourth-order valence-corrected chi connectivity index (χ4v) is 2.94. The summed E-state index contributed by atoms with van der Waals surface area (Å²) in [4.78, 5) is 12.2. The van der Waals surface area contributed by atoms with Gasteiger partial charge in [-0.1, -0.05) is 19.8 Å². The van der Waals surface area contributed by atoms with Crippen LogP contribution in [-0.4, -0.2) is 25.0 Å². The van der Waals surface area contributed by atoms with Crippen LogP contribution in [0.1, 0.15) is 46.0 Å². The van der Waals surface area contributed by atoms with Crippen LogP contribution in [0.15, 0.2) is 0 Å². The summed E-state index contributed by atoms with van der Waals surface area (Å²) < 4.78 is 0. The predicted molar refractivity (Wildman–Crippen MR) is 72.4 cm³/mol. The van der Waals surface area contributed by atoms with Crippen molar-refractivity contribution in [3.63, 3.8) is 0 Å². The fourth-order valence-electron chi connectivity index (χ4n) is 2.94. The number of rotatable bonds is 2. The molecular formula is C13H25ClN2O. The lowest BCUT2D eigenvalue weighted by atomic mass is 9.84. The van der Waals surface area contributed by atoms with Crippen LogP contribution in [0.5, 0.6) is 0 Å². The van der Waals surface area contributed by atoms with Crippen molar-refractivity contribution in [3.8, 4) is 0 Å². The van der Waals surface area contributed by atoms with Gasteiger partial charge in [0, 0.05) is 12.6 Å². The molecule has 1 saturated heterocycles. The molecule has 2 rings (SSSR count). The number of carbonyl (C=O) groups excluding carboxylic acids is 1. The van der Waals surface area contributed by atoms with E-state index in [1.165, 1.54) is 19.3 Å². The van der Waals surface area contributed by atoms with Crippen LogP contribution in [0, 0.1) is 11.3 Å². The molecule has 0 aromatic heterocycles. The van der Waals surface area contributed by atoms with E-state index in [2.05, 4.69) is 24.5 Å². The monoisotopic (exact) mass is 260 g/mol. The Morgan fingerprint density at radius 1 is 1.41 bits per heavy atom. The third kappa shape index (κ3) is 3.59. The van der Waals surface area contributed by atoms with Crippen molar-refractivity contribution in [1.82, 2.24) is 10.6 Å². The van der Waals surface area contributed by atoms with Gasteiger partial charge in [-0.3, -0.25) is 4.79 Å². The smallest absolute Gasteiger partial charge is 0.227 e. The van der Waals surface area contributed by atoms with Crippen molar-refractivity contribution in [2.45, 2.75) is 52.0 Å². The van der Waals surface area contributed by atoms with E-state index in [0.29, 0.717) is 6.04 Å². The summed E-state index contributed by atoms with van der Waals surface area (Å²) in [6.07, 6.45) is 5.89. The maximum Gasteiger partial charge on any atom is 0.227 e. The van der Waals surface area contributed by atoms with Crippen molar-refractivity contribution in [3.05, 3.63) is 0 Å². The Balaban J connectivity index is 0.00000144. The maximum atomic E-state index is 12.2. The van der Waals surface area contributed by atoms with Gasteiger partial charge >= 0.3 is 0 Å². The van der Waals surface area contributed by atoms with Crippen LogP contribution in [0.4, 0.5) is 0 Å². The van der Waals surface area contributed by atoms with Gasteiger partial charge in [-0.05, 0) is 38.6 Å². The van der Waals surface area contributed by atoms with E-state index in [9.17, 15) is 4.79 Å². The Morgan fingerprint density at radius 2 is 2.18 bits per heavy atom. The average Bonchev–Trinajstić information content (AvgIpc) is 2.66. The summed E-state index contributed by atoms with van der Waals surface area (Å²) in [5.74, 6) is 1.03. The molecule has 3 atom stereocenters. The Hall–Kier alpha value is -0.280. The lowest BCUT2D eigenvalue weighted by Crippen LogP contribution is -2.46. The molecule has 1 aliphatic heterocycles. The number of carbonyl (C=O) groups is 1. The van der Waals surface area contributed by atoms with Crippen molar-refractivity contribution >= 4 is 18.3 Å². The molecule has 1 heterocycles. The molecule has 17 heavy (non-hydrogen) atoms. The second kappa shape index (κ2) is 6.05. The lowest BCUT2D eigenvalue weighted by Gasteiger charge is -2.31. The fraction of sp³-hybridized carbons (Fsp3) is 0.923. The first-order chi connectivity index (χ1) is 7.60. The molecule has 2 N–H and O–H groups in total. The lowest BCUT2D eigenvalue weighted by molar-refractivity contribution is -0.130. The van der Waals surface area contributed by atoms with Crippen molar-refractivity contribution in [2.75, 3.05) is 13.1 Å². The molecule has 2 fully saturated rings. The van der Waals surface area contributed by atoms with Gasteiger partial charge in [-0.2, -0.15) is 0 Å². The number of hydrogen-bond acceptors (Lipinski definition) is 2. The van der Waals surface area contributed by atoms with Crippen LogP contribution in [-0.2, 0) is 4.79 Å². The Kier molecular flexibility index (Phi) is 5.26. The van der Waals surface area contributed by atoms with Crippen molar-refractivity contribution in [1.29, 1.82) is 0 Å². The molecule has 1 amide bonds. The molecule has 0 aromatic carbocycles. The zero-order valence-electron chi connectivity index (χ0n) is 10.9. The summed E-state index contributed by atoms with van der Waals surface area (Å²) in [7, 11) is 0. The predicted octanol–water partition coefficient (Wildman–Crippen LogP) is 2.10. The number of amides is 1. The summed E-state index contributed by atoms with van der Waals surface area (Å²) in [6.45, 7) is 6.18. The third-order valence-electron chi connectivity index (χ3n) is 4.19. The van der Waals surface area contributed by atoms with Gasteiger partial charge in [0.15, 0.2) is 0 Å². The second-order valence-electron chi connectivity index (χ2n) is 5.93. The van der Waals surface area contributed by atoms with Crippen LogP contribution < -0.4 is 10.6 Å². The highest BCUT2D eigenvalue weighted by atomic mass is 35.5. The van der Waals surface area contributed by atoms with E-state index in [0.717, 1.165) is 31.8 Å². The molecule has 0 spiro atoms. The van der Waals surface area contributed by atoms with Crippen LogP contribution in [0.2, 0.25) is 0 Å². The van der Waals surface area contributed by atoms with Gasteiger partial charge in [0.2, 0.25) is 5.91 Å². The number of halogens is 1.